The summed E-state index contributed by atoms with van der Waals surface area (Å²) in [6.45, 7) is 4.14. The predicted molar refractivity (Wildman–Crippen MR) is 89.6 cm³/mol. The van der Waals surface area contributed by atoms with Crippen molar-refractivity contribution in [3.05, 3.63) is 52.4 Å². The Balaban J connectivity index is 1.74. The Morgan fingerprint density at radius 2 is 1.96 bits per heavy atom. The van der Waals surface area contributed by atoms with Gasteiger partial charge in [0.15, 0.2) is 0 Å². The highest BCUT2D eigenvalue weighted by Crippen LogP contribution is 2.22. The van der Waals surface area contributed by atoms with Gasteiger partial charge in [-0.2, -0.15) is 0 Å². The van der Waals surface area contributed by atoms with Gasteiger partial charge in [0.1, 0.15) is 0 Å². The number of hydrogen-bond donors (Lipinski definition) is 1. The number of nitrogens with one attached hydrogen (secondary N) is 1. The summed E-state index contributed by atoms with van der Waals surface area (Å²) in [5, 5.41) is 2.82. The Morgan fingerprint density at radius 3 is 2.58 bits per heavy atom. The number of carbonyl (C=O) groups excluding carboxylic acids is 2. The molecule has 0 aliphatic carbocycles. The van der Waals surface area contributed by atoms with E-state index in [4.69, 9.17) is 20.8 Å². The van der Waals surface area contributed by atoms with E-state index in [0.717, 1.165) is 5.56 Å². The maximum atomic E-state index is 12.5. The van der Waals surface area contributed by atoms with Crippen LogP contribution in [0.15, 0.2) is 34.9 Å². The summed E-state index contributed by atoms with van der Waals surface area (Å²) in [6, 6.07) is 6.69. The van der Waals surface area contributed by atoms with Gasteiger partial charge in [0.05, 0.1) is 25.0 Å². The van der Waals surface area contributed by atoms with Gasteiger partial charge in [0.2, 0.25) is 5.22 Å². The molecule has 0 saturated carbocycles. The first-order valence-electron chi connectivity index (χ1n) is 7.58. The Hall–Kier alpha value is -2.31. The van der Waals surface area contributed by atoms with Crippen LogP contribution in [0.3, 0.4) is 0 Å². The van der Waals surface area contributed by atoms with Crippen molar-refractivity contribution in [3.63, 3.8) is 0 Å². The van der Waals surface area contributed by atoms with Crippen LogP contribution in [0, 0.1) is 6.92 Å². The molecule has 1 aliphatic rings. The highest BCUT2D eigenvalue weighted by atomic mass is 35.5. The van der Waals surface area contributed by atoms with Crippen molar-refractivity contribution in [2.45, 2.75) is 6.92 Å². The van der Waals surface area contributed by atoms with Gasteiger partial charge in [-0.3, -0.25) is 9.59 Å². The zero-order valence-corrected chi connectivity index (χ0v) is 13.9. The van der Waals surface area contributed by atoms with E-state index in [2.05, 4.69) is 5.32 Å². The molecule has 2 aromatic rings. The fourth-order valence-electron chi connectivity index (χ4n) is 2.53. The number of carbonyl (C=O) groups is 2. The second kappa shape index (κ2) is 7.07. The fourth-order valence-corrected chi connectivity index (χ4v) is 2.73. The van der Waals surface area contributed by atoms with Crippen LogP contribution in [0.1, 0.15) is 26.3 Å². The standard InChI is InChI=1S/C17H17ClN2O4/c1-11-10-12(17(22)20-5-8-23-9-6-20)2-3-14(11)19-16(21)13-4-7-24-15(13)18/h2-4,7,10H,5-6,8-9H2,1H3,(H,19,21). The molecule has 126 valence electrons. The van der Waals surface area contributed by atoms with E-state index in [1.807, 2.05) is 6.92 Å². The summed E-state index contributed by atoms with van der Waals surface area (Å²) < 4.78 is 10.2. The van der Waals surface area contributed by atoms with Crippen LogP contribution < -0.4 is 5.32 Å². The SMILES string of the molecule is Cc1cc(C(=O)N2CCOCC2)ccc1NC(=O)c1ccoc1Cl. The first-order chi connectivity index (χ1) is 11.6. The zero-order chi connectivity index (χ0) is 17.1. The third-order valence-corrected chi connectivity index (χ3v) is 4.18. The lowest BCUT2D eigenvalue weighted by Gasteiger charge is -2.27. The molecule has 24 heavy (non-hydrogen) atoms. The van der Waals surface area contributed by atoms with Crippen molar-refractivity contribution in [1.29, 1.82) is 0 Å². The molecule has 1 aliphatic heterocycles. The summed E-state index contributed by atoms with van der Waals surface area (Å²) in [7, 11) is 0. The lowest BCUT2D eigenvalue weighted by Crippen LogP contribution is -2.40. The molecule has 1 aromatic heterocycles. The van der Waals surface area contributed by atoms with Gasteiger partial charge < -0.3 is 19.4 Å². The van der Waals surface area contributed by atoms with E-state index in [-0.39, 0.29) is 22.6 Å². The average molecular weight is 349 g/mol. The molecule has 0 unspecified atom stereocenters. The maximum absolute atomic E-state index is 12.5. The number of morpholine rings is 1. The molecule has 7 heteroatoms. The molecule has 1 aromatic carbocycles. The minimum Gasteiger partial charge on any atom is -0.452 e. The van der Waals surface area contributed by atoms with Gasteiger partial charge in [0.25, 0.3) is 11.8 Å². The van der Waals surface area contributed by atoms with Crippen LogP contribution in [-0.2, 0) is 4.74 Å². The number of benzene rings is 1. The Morgan fingerprint density at radius 1 is 1.21 bits per heavy atom. The topological polar surface area (TPSA) is 71.8 Å². The molecular weight excluding hydrogens is 332 g/mol. The van der Waals surface area contributed by atoms with E-state index < -0.39 is 0 Å². The molecule has 2 amide bonds. The van der Waals surface area contributed by atoms with Crippen molar-refractivity contribution < 1.29 is 18.7 Å². The van der Waals surface area contributed by atoms with Crippen molar-refractivity contribution in [1.82, 2.24) is 4.90 Å². The zero-order valence-electron chi connectivity index (χ0n) is 13.2. The Kier molecular flexibility index (Phi) is 4.87. The van der Waals surface area contributed by atoms with Crippen molar-refractivity contribution >= 4 is 29.1 Å². The molecule has 6 nitrogen and oxygen atoms in total. The lowest BCUT2D eigenvalue weighted by atomic mass is 10.1. The van der Waals surface area contributed by atoms with Gasteiger partial charge in [-0.15, -0.1) is 0 Å². The number of rotatable bonds is 3. The number of anilines is 1. The molecular formula is C17H17ClN2O4. The third kappa shape index (κ3) is 3.44. The van der Waals surface area contributed by atoms with Crippen LogP contribution in [0.25, 0.3) is 0 Å². The number of furan rings is 1. The predicted octanol–water partition coefficient (Wildman–Crippen LogP) is 2.97. The molecule has 2 heterocycles. The average Bonchev–Trinajstić information content (AvgIpc) is 3.03. The lowest BCUT2D eigenvalue weighted by molar-refractivity contribution is 0.0303. The second-order valence-corrected chi connectivity index (χ2v) is 5.84. The first-order valence-corrected chi connectivity index (χ1v) is 7.96. The third-order valence-electron chi connectivity index (χ3n) is 3.88. The molecule has 0 atom stereocenters. The Bertz CT molecular complexity index is 766. The molecule has 0 bridgehead atoms. The molecule has 0 spiro atoms. The van der Waals surface area contributed by atoms with E-state index in [9.17, 15) is 9.59 Å². The number of hydrogen-bond acceptors (Lipinski definition) is 4. The molecule has 1 fully saturated rings. The van der Waals surface area contributed by atoms with Gasteiger partial charge >= 0.3 is 0 Å². The Labute approximate surface area is 144 Å². The van der Waals surface area contributed by atoms with Gasteiger partial charge in [0, 0.05) is 24.3 Å². The van der Waals surface area contributed by atoms with E-state index in [1.54, 1.807) is 23.1 Å². The monoisotopic (exact) mass is 348 g/mol. The molecule has 0 radical (unpaired) electrons. The summed E-state index contributed by atoms with van der Waals surface area (Å²) in [5.41, 5.74) is 2.27. The number of nitrogens with zero attached hydrogens (tertiary/aromatic N) is 1. The quantitative estimate of drug-likeness (QED) is 0.925. The highest BCUT2D eigenvalue weighted by molar-refractivity contribution is 6.32. The maximum Gasteiger partial charge on any atom is 0.260 e. The van der Waals surface area contributed by atoms with Gasteiger partial charge in [-0.1, -0.05) is 0 Å². The second-order valence-electron chi connectivity index (χ2n) is 5.50. The molecule has 3 rings (SSSR count). The number of aryl methyl sites for hydroxylation is 1. The van der Waals surface area contributed by atoms with Crippen LogP contribution >= 0.6 is 11.6 Å². The number of halogens is 1. The number of amides is 2. The minimum atomic E-state index is -0.357. The minimum absolute atomic E-state index is 0.0304. The first kappa shape index (κ1) is 16.5. The van der Waals surface area contributed by atoms with Gasteiger partial charge in [-0.25, -0.2) is 0 Å². The smallest absolute Gasteiger partial charge is 0.260 e. The summed E-state index contributed by atoms with van der Waals surface area (Å²) >= 11 is 5.81. The van der Waals surface area contributed by atoms with E-state index >= 15 is 0 Å². The fraction of sp³-hybridized carbons (Fsp3) is 0.294. The van der Waals surface area contributed by atoms with Crippen LogP contribution in [-0.4, -0.2) is 43.0 Å². The largest absolute Gasteiger partial charge is 0.452 e. The van der Waals surface area contributed by atoms with Crippen LogP contribution in [0.2, 0.25) is 5.22 Å². The summed E-state index contributed by atoms with van der Waals surface area (Å²) in [4.78, 5) is 26.4. The van der Waals surface area contributed by atoms with Gasteiger partial charge in [-0.05, 0) is 48.4 Å². The van der Waals surface area contributed by atoms with Crippen molar-refractivity contribution in [2.75, 3.05) is 31.6 Å². The molecule has 1 saturated heterocycles. The molecule has 1 N–H and O–H groups in total. The highest BCUT2D eigenvalue weighted by Gasteiger charge is 2.19. The number of ether oxygens (including phenoxy) is 1. The van der Waals surface area contributed by atoms with Crippen molar-refractivity contribution in [3.8, 4) is 0 Å². The van der Waals surface area contributed by atoms with E-state index in [1.165, 1.54) is 12.3 Å². The summed E-state index contributed by atoms with van der Waals surface area (Å²) in [5.74, 6) is -0.388. The van der Waals surface area contributed by atoms with E-state index in [0.29, 0.717) is 37.6 Å². The van der Waals surface area contributed by atoms with Crippen LogP contribution in [0.4, 0.5) is 5.69 Å². The normalized spacial score (nSPS) is 14.5. The summed E-state index contributed by atoms with van der Waals surface area (Å²) in [6.07, 6.45) is 1.36. The van der Waals surface area contributed by atoms with Crippen molar-refractivity contribution in [2.24, 2.45) is 0 Å². The van der Waals surface area contributed by atoms with Crippen LogP contribution in [0.5, 0.6) is 0 Å².